The summed E-state index contributed by atoms with van der Waals surface area (Å²) in [6, 6.07) is 16.6. The third-order valence-electron chi connectivity index (χ3n) is 7.39. The topological polar surface area (TPSA) is 99.2 Å². The summed E-state index contributed by atoms with van der Waals surface area (Å²) in [4.78, 5) is 39.6. The minimum Gasteiger partial charge on any atom is -0.481 e. The fraction of sp³-hybridized carbons (Fsp3) is 0.444. The van der Waals surface area contributed by atoms with Crippen molar-refractivity contribution in [3.8, 4) is 11.1 Å². The summed E-state index contributed by atoms with van der Waals surface area (Å²) in [5.74, 6) is -0.649. The van der Waals surface area contributed by atoms with E-state index < -0.39 is 12.1 Å². The Kier molecular flexibility index (Phi) is 6.72. The molecular weight excluding hydrogens is 446 g/mol. The van der Waals surface area contributed by atoms with Crippen molar-refractivity contribution < 1.29 is 24.2 Å². The summed E-state index contributed by atoms with van der Waals surface area (Å²) in [5.41, 5.74) is 4.79. The molecule has 184 valence electrons. The van der Waals surface area contributed by atoms with Crippen LogP contribution in [-0.4, -0.2) is 78.2 Å². The fourth-order valence-corrected chi connectivity index (χ4v) is 5.48. The molecule has 0 aromatic heterocycles. The van der Waals surface area contributed by atoms with Gasteiger partial charge in [0.2, 0.25) is 5.91 Å². The first-order valence-corrected chi connectivity index (χ1v) is 12.3. The highest BCUT2D eigenvalue weighted by Gasteiger charge is 2.33. The number of hydrogen-bond acceptors (Lipinski definition) is 5. The predicted molar refractivity (Wildman–Crippen MR) is 130 cm³/mol. The minimum absolute atomic E-state index is 0.0287. The van der Waals surface area contributed by atoms with Crippen LogP contribution in [-0.2, 0) is 14.3 Å². The normalized spacial score (nSPS) is 18.5. The van der Waals surface area contributed by atoms with Gasteiger partial charge in [0.15, 0.2) is 0 Å². The summed E-state index contributed by atoms with van der Waals surface area (Å²) < 4.78 is 5.66. The van der Waals surface area contributed by atoms with E-state index >= 15 is 0 Å². The van der Waals surface area contributed by atoms with E-state index in [1.165, 1.54) is 22.3 Å². The molecule has 0 saturated carbocycles. The van der Waals surface area contributed by atoms with Crippen molar-refractivity contribution in [3.63, 3.8) is 0 Å². The van der Waals surface area contributed by atoms with Crippen LogP contribution in [0.5, 0.6) is 0 Å². The molecule has 8 heteroatoms. The highest BCUT2D eigenvalue weighted by atomic mass is 16.5. The van der Waals surface area contributed by atoms with Gasteiger partial charge in [0.25, 0.3) is 0 Å². The molecule has 2 aromatic rings. The second-order valence-electron chi connectivity index (χ2n) is 9.78. The van der Waals surface area contributed by atoms with Gasteiger partial charge in [-0.15, -0.1) is 0 Å². The summed E-state index contributed by atoms with van der Waals surface area (Å²) in [5, 5.41) is 11.8. The van der Waals surface area contributed by atoms with Crippen molar-refractivity contribution in [3.05, 3.63) is 59.7 Å². The third-order valence-corrected chi connectivity index (χ3v) is 7.39. The number of piperidine rings is 1. The molecule has 0 spiro atoms. The Morgan fingerprint density at radius 2 is 1.54 bits per heavy atom. The first-order valence-electron chi connectivity index (χ1n) is 12.3. The summed E-state index contributed by atoms with van der Waals surface area (Å²) in [6.07, 6.45) is 1.25. The second kappa shape index (κ2) is 10.1. The zero-order valence-electron chi connectivity index (χ0n) is 19.7. The van der Waals surface area contributed by atoms with E-state index in [0.717, 1.165) is 25.9 Å². The SMILES string of the molecule is O=C(O)CC1CN(C(=O)CN2CCC(NC(=O)OCC3c4ccccc4-c4ccccc43)CC2)C1. The van der Waals surface area contributed by atoms with Crippen molar-refractivity contribution in [2.75, 3.05) is 39.3 Å². The molecule has 0 unspecified atom stereocenters. The molecule has 2 aromatic carbocycles. The van der Waals surface area contributed by atoms with Crippen LogP contribution >= 0.6 is 0 Å². The van der Waals surface area contributed by atoms with Crippen LogP contribution in [0.15, 0.2) is 48.5 Å². The lowest BCUT2D eigenvalue weighted by molar-refractivity contribution is -0.145. The maximum Gasteiger partial charge on any atom is 0.407 e. The van der Waals surface area contributed by atoms with E-state index in [1.807, 2.05) is 24.3 Å². The van der Waals surface area contributed by atoms with Crippen LogP contribution in [0.2, 0.25) is 0 Å². The number of fused-ring (bicyclic) bond motifs is 3. The van der Waals surface area contributed by atoms with E-state index in [1.54, 1.807) is 4.90 Å². The van der Waals surface area contributed by atoms with Crippen LogP contribution in [0.25, 0.3) is 11.1 Å². The molecular formula is C27H31N3O5. The number of amides is 2. The van der Waals surface area contributed by atoms with Crippen LogP contribution in [0, 0.1) is 5.92 Å². The Bertz CT molecular complexity index is 1060. The minimum atomic E-state index is -0.812. The number of carboxylic acid groups (broad SMARTS) is 1. The molecule has 2 N–H and O–H groups in total. The van der Waals surface area contributed by atoms with Gasteiger partial charge < -0.3 is 20.1 Å². The largest absolute Gasteiger partial charge is 0.481 e. The average molecular weight is 478 g/mol. The number of nitrogens with zero attached hydrogens (tertiary/aromatic N) is 2. The third kappa shape index (κ3) is 5.17. The lowest BCUT2D eigenvalue weighted by Gasteiger charge is -2.40. The number of carboxylic acids is 1. The van der Waals surface area contributed by atoms with Crippen LogP contribution in [0.1, 0.15) is 36.3 Å². The Balaban J connectivity index is 1.05. The van der Waals surface area contributed by atoms with E-state index in [4.69, 9.17) is 9.84 Å². The number of rotatable bonds is 7. The number of carbonyl (C=O) groups excluding carboxylic acids is 2. The molecule has 0 atom stereocenters. The molecule has 0 bridgehead atoms. The smallest absolute Gasteiger partial charge is 0.407 e. The molecule has 2 fully saturated rings. The Hall–Kier alpha value is -3.39. The summed E-state index contributed by atoms with van der Waals surface area (Å²) >= 11 is 0. The second-order valence-corrected chi connectivity index (χ2v) is 9.78. The molecule has 2 aliphatic heterocycles. The van der Waals surface area contributed by atoms with Gasteiger partial charge in [0.1, 0.15) is 6.61 Å². The van der Waals surface area contributed by atoms with Crippen molar-refractivity contribution in [2.24, 2.45) is 5.92 Å². The molecule has 1 aliphatic carbocycles. The van der Waals surface area contributed by atoms with Crippen molar-refractivity contribution in [1.82, 2.24) is 15.1 Å². The number of benzene rings is 2. The van der Waals surface area contributed by atoms with Crippen LogP contribution in [0.3, 0.4) is 0 Å². The van der Waals surface area contributed by atoms with Gasteiger partial charge in [-0.2, -0.15) is 0 Å². The number of ether oxygens (including phenoxy) is 1. The number of hydrogen-bond donors (Lipinski definition) is 2. The number of likely N-dealkylation sites (tertiary alicyclic amines) is 2. The number of carbonyl (C=O) groups is 3. The Morgan fingerprint density at radius 3 is 2.14 bits per heavy atom. The number of aliphatic carboxylic acids is 1. The van der Waals surface area contributed by atoms with Crippen molar-refractivity contribution in [1.29, 1.82) is 0 Å². The number of alkyl carbamates (subject to hydrolysis) is 1. The predicted octanol–water partition coefficient (Wildman–Crippen LogP) is 2.92. The zero-order valence-corrected chi connectivity index (χ0v) is 19.7. The highest BCUT2D eigenvalue weighted by Crippen LogP contribution is 2.44. The van der Waals surface area contributed by atoms with Gasteiger partial charge in [0, 0.05) is 44.1 Å². The summed E-state index contributed by atoms with van der Waals surface area (Å²) in [7, 11) is 0. The van der Waals surface area contributed by atoms with Gasteiger partial charge in [-0.1, -0.05) is 48.5 Å². The van der Waals surface area contributed by atoms with Gasteiger partial charge in [-0.05, 0) is 35.1 Å². The lowest BCUT2D eigenvalue weighted by Crippen LogP contribution is -2.54. The van der Waals surface area contributed by atoms with Gasteiger partial charge in [-0.25, -0.2) is 4.79 Å². The van der Waals surface area contributed by atoms with E-state index in [9.17, 15) is 14.4 Å². The first-order chi connectivity index (χ1) is 17.0. The van der Waals surface area contributed by atoms with Crippen LogP contribution < -0.4 is 5.32 Å². The Morgan fingerprint density at radius 1 is 0.943 bits per heavy atom. The van der Waals surface area contributed by atoms with Gasteiger partial charge in [0.05, 0.1) is 13.0 Å². The van der Waals surface area contributed by atoms with Crippen molar-refractivity contribution >= 4 is 18.0 Å². The monoisotopic (exact) mass is 477 g/mol. The molecule has 2 saturated heterocycles. The highest BCUT2D eigenvalue weighted by molar-refractivity contribution is 5.80. The summed E-state index contributed by atoms with van der Waals surface area (Å²) in [6.45, 7) is 3.16. The maximum atomic E-state index is 12.5. The van der Waals surface area contributed by atoms with Crippen LogP contribution in [0.4, 0.5) is 4.79 Å². The lowest BCUT2D eigenvalue weighted by atomic mass is 9.96. The number of nitrogens with one attached hydrogen (secondary N) is 1. The van der Waals surface area contributed by atoms with E-state index in [0.29, 0.717) is 26.2 Å². The van der Waals surface area contributed by atoms with E-state index in [2.05, 4.69) is 34.5 Å². The zero-order chi connectivity index (χ0) is 24.4. The van der Waals surface area contributed by atoms with Gasteiger partial charge in [-0.3, -0.25) is 14.5 Å². The molecule has 2 amide bonds. The molecule has 2 heterocycles. The molecule has 8 nitrogen and oxygen atoms in total. The van der Waals surface area contributed by atoms with E-state index in [-0.39, 0.29) is 30.2 Å². The first kappa shape index (κ1) is 23.4. The fourth-order valence-electron chi connectivity index (χ4n) is 5.48. The standard InChI is InChI=1S/C27H31N3O5/c31-25(30-14-18(15-30)13-26(32)33)16-29-11-9-19(10-12-29)28-27(34)35-17-24-22-7-3-1-5-20(22)21-6-2-4-8-23(21)24/h1-8,18-19,24H,9-17H2,(H,28,34)(H,32,33). The van der Waals surface area contributed by atoms with Gasteiger partial charge >= 0.3 is 12.1 Å². The molecule has 5 rings (SSSR count). The molecule has 35 heavy (non-hydrogen) atoms. The molecule has 3 aliphatic rings. The molecule has 0 radical (unpaired) electrons. The quantitative estimate of drug-likeness (QED) is 0.636. The van der Waals surface area contributed by atoms with Crippen molar-refractivity contribution in [2.45, 2.75) is 31.2 Å². The Labute approximate surface area is 204 Å². The maximum absolute atomic E-state index is 12.5. The average Bonchev–Trinajstić information content (AvgIpc) is 3.14.